The van der Waals surface area contributed by atoms with Crippen LogP contribution in [0.3, 0.4) is 0 Å². The molecule has 2 saturated heterocycles. The van der Waals surface area contributed by atoms with Gasteiger partial charge in [-0.05, 0) is 31.9 Å². The molecule has 0 radical (unpaired) electrons. The van der Waals surface area contributed by atoms with Gasteiger partial charge >= 0.3 is 0 Å². The molecular weight excluding hydrogens is 444 g/mol. The Kier molecular flexibility index (Phi) is 7.90. The van der Waals surface area contributed by atoms with Gasteiger partial charge in [0, 0.05) is 44.4 Å². The van der Waals surface area contributed by atoms with Gasteiger partial charge in [0.15, 0.2) is 0 Å². The average molecular weight is 477 g/mol. The number of aliphatic imine (C=N–C) groups is 1. The molecule has 3 aliphatic heterocycles. The fourth-order valence-electron chi connectivity index (χ4n) is 4.52. The molecule has 0 saturated carbocycles. The summed E-state index contributed by atoms with van der Waals surface area (Å²) in [6, 6.07) is 0. The predicted octanol–water partition coefficient (Wildman–Crippen LogP) is 0.803. The maximum Gasteiger partial charge on any atom is 0.271 e. The number of nitrogens with one attached hydrogen (secondary N) is 1. The van der Waals surface area contributed by atoms with Crippen LogP contribution in [0.4, 0.5) is 0 Å². The third kappa shape index (κ3) is 5.87. The molecule has 1 N–H and O–H groups in total. The van der Waals surface area contributed by atoms with E-state index in [0.717, 1.165) is 65.0 Å². The first-order chi connectivity index (χ1) is 15.9. The molecule has 2 amide bonds. The second kappa shape index (κ2) is 10.9. The van der Waals surface area contributed by atoms with Crippen molar-refractivity contribution in [2.24, 2.45) is 4.99 Å². The number of allylic oxidation sites excluding steroid dienone is 1. The number of rotatable bonds is 7. The van der Waals surface area contributed by atoms with Gasteiger partial charge in [0.25, 0.3) is 11.8 Å². The maximum absolute atomic E-state index is 13.3. The van der Waals surface area contributed by atoms with Gasteiger partial charge in [-0.2, -0.15) is 0 Å². The highest BCUT2D eigenvalue weighted by Gasteiger charge is 2.34. The molecule has 0 aromatic carbocycles. The molecule has 10 heteroatoms. The fraction of sp³-hybridized carbons (Fsp3) is 0.609. The summed E-state index contributed by atoms with van der Waals surface area (Å²) in [6.45, 7) is 5.59. The Morgan fingerprint density at radius 3 is 2.58 bits per heavy atom. The number of dihydropyridines is 1. The first-order valence-corrected chi connectivity index (χ1v) is 13.3. The highest BCUT2D eigenvalue weighted by molar-refractivity contribution is 7.90. The fourth-order valence-corrected chi connectivity index (χ4v) is 6.22. The van der Waals surface area contributed by atoms with Crippen LogP contribution in [0.5, 0.6) is 0 Å². The summed E-state index contributed by atoms with van der Waals surface area (Å²) in [5.41, 5.74) is 0.922. The van der Waals surface area contributed by atoms with E-state index in [-0.39, 0.29) is 11.5 Å². The van der Waals surface area contributed by atoms with Crippen LogP contribution >= 0.6 is 0 Å². The number of ether oxygens (including phenoxy) is 1. The lowest BCUT2D eigenvalue weighted by Crippen LogP contribution is -2.40. The number of carbonyl (C=O) groups excluding carboxylic acids is 2. The third-order valence-corrected chi connectivity index (χ3v) is 8.46. The Hall–Kier alpha value is -2.14. The molecule has 1 aliphatic carbocycles. The van der Waals surface area contributed by atoms with Crippen LogP contribution in [0.15, 0.2) is 40.4 Å². The van der Waals surface area contributed by atoms with E-state index in [1.807, 2.05) is 0 Å². The summed E-state index contributed by atoms with van der Waals surface area (Å²) in [4.78, 5) is 31.3. The molecular formula is C23H32N4O5S. The van der Waals surface area contributed by atoms with E-state index in [1.54, 1.807) is 22.5 Å². The molecule has 0 aromatic rings. The number of carbonyl (C=O) groups is 2. The summed E-state index contributed by atoms with van der Waals surface area (Å²) in [6.07, 6.45) is 10.4. The summed E-state index contributed by atoms with van der Waals surface area (Å²) in [5, 5.41) is 1.99. The lowest BCUT2D eigenvalue weighted by molar-refractivity contribution is -0.118. The van der Waals surface area contributed by atoms with E-state index in [2.05, 4.69) is 15.2 Å². The minimum absolute atomic E-state index is 0.178. The van der Waals surface area contributed by atoms with Gasteiger partial charge in [-0.3, -0.25) is 14.5 Å². The van der Waals surface area contributed by atoms with Gasteiger partial charge in [0.2, 0.25) is 10.0 Å². The van der Waals surface area contributed by atoms with Crippen LogP contribution in [0, 0.1) is 0 Å². The molecule has 1 unspecified atom stereocenters. The summed E-state index contributed by atoms with van der Waals surface area (Å²) in [5.74, 6) is -0.899. The molecule has 33 heavy (non-hydrogen) atoms. The summed E-state index contributed by atoms with van der Waals surface area (Å²) >= 11 is 0. The minimum Gasteiger partial charge on any atom is -0.379 e. The number of nitrogens with zero attached hydrogens (tertiary/aromatic N) is 3. The zero-order chi connectivity index (χ0) is 23.3. The zero-order valence-corrected chi connectivity index (χ0v) is 19.7. The molecule has 4 aliphatic rings. The Morgan fingerprint density at radius 1 is 1.12 bits per heavy atom. The molecule has 3 heterocycles. The number of morpholine rings is 1. The van der Waals surface area contributed by atoms with E-state index in [0.29, 0.717) is 30.9 Å². The number of fused-ring (bicyclic) bond motifs is 1. The normalized spacial score (nSPS) is 24.9. The van der Waals surface area contributed by atoms with Crippen molar-refractivity contribution in [1.29, 1.82) is 0 Å². The van der Waals surface area contributed by atoms with Crippen LogP contribution in [-0.4, -0.2) is 92.9 Å². The highest BCUT2D eigenvalue weighted by atomic mass is 32.2. The van der Waals surface area contributed by atoms with Gasteiger partial charge in [-0.25, -0.2) is 17.7 Å². The average Bonchev–Trinajstić information content (AvgIpc) is 3.12. The van der Waals surface area contributed by atoms with Crippen molar-refractivity contribution in [3.05, 3.63) is 35.5 Å². The largest absolute Gasteiger partial charge is 0.379 e. The van der Waals surface area contributed by atoms with E-state index in [4.69, 9.17) is 4.74 Å². The van der Waals surface area contributed by atoms with E-state index in [9.17, 15) is 18.0 Å². The first kappa shape index (κ1) is 24.0. The van der Waals surface area contributed by atoms with Crippen molar-refractivity contribution in [2.75, 3.05) is 52.5 Å². The second-order valence-corrected chi connectivity index (χ2v) is 10.8. The maximum atomic E-state index is 13.3. The molecule has 0 spiro atoms. The van der Waals surface area contributed by atoms with E-state index < -0.39 is 21.2 Å². The van der Waals surface area contributed by atoms with Gasteiger partial charge < -0.3 is 10.1 Å². The first-order valence-electron chi connectivity index (χ1n) is 11.8. The van der Waals surface area contributed by atoms with Gasteiger partial charge in [0.1, 0.15) is 5.25 Å². The summed E-state index contributed by atoms with van der Waals surface area (Å²) in [7, 11) is -3.60. The number of amides is 2. The van der Waals surface area contributed by atoms with Gasteiger partial charge in [-0.1, -0.05) is 25.0 Å². The minimum atomic E-state index is -3.60. The molecule has 2 fully saturated rings. The van der Waals surface area contributed by atoms with Gasteiger partial charge in [-0.15, -0.1) is 0 Å². The van der Waals surface area contributed by atoms with Crippen LogP contribution in [0.1, 0.15) is 32.1 Å². The Balaban J connectivity index is 1.43. The smallest absolute Gasteiger partial charge is 0.271 e. The number of hydrogen-bond donors (Lipinski definition) is 1. The quantitative estimate of drug-likeness (QED) is 0.545. The second-order valence-electron chi connectivity index (χ2n) is 8.72. The van der Waals surface area contributed by atoms with Gasteiger partial charge in [0.05, 0.1) is 24.5 Å². The lowest BCUT2D eigenvalue weighted by Gasteiger charge is -2.27. The highest BCUT2D eigenvalue weighted by Crippen LogP contribution is 2.27. The zero-order valence-electron chi connectivity index (χ0n) is 18.9. The monoisotopic (exact) mass is 476 g/mol. The molecule has 180 valence electrons. The lowest BCUT2D eigenvalue weighted by atomic mass is 9.92. The van der Waals surface area contributed by atoms with Crippen LogP contribution in [0.2, 0.25) is 0 Å². The molecule has 0 aromatic heterocycles. The molecule has 4 rings (SSSR count). The van der Waals surface area contributed by atoms with Crippen molar-refractivity contribution in [2.45, 2.75) is 37.4 Å². The van der Waals surface area contributed by atoms with Crippen molar-refractivity contribution < 1.29 is 22.7 Å². The van der Waals surface area contributed by atoms with Crippen LogP contribution < -0.4 is 5.32 Å². The van der Waals surface area contributed by atoms with Crippen LogP contribution in [0.25, 0.3) is 0 Å². The van der Waals surface area contributed by atoms with Crippen LogP contribution in [-0.2, 0) is 24.3 Å². The summed E-state index contributed by atoms with van der Waals surface area (Å²) < 4.78 is 33.4. The SMILES string of the molecule is O=C1C=C(C(=O)NCCCN2CCOCC2)C2=CC(S(=O)(=O)N3CCCCCC3)C=CC2=N1. The van der Waals surface area contributed by atoms with E-state index >= 15 is 0 Å². The molecule has 1 atom stereocenters. The van der Waals surface area contributed by atoms with Crippen molar-refractivity contribution in [3.63, 3.8) is 0 Å². The standard InChI is InChI=1S/C23H32N4O5S/c28-22-17-20(23(29)24-8-5-9-26-12-14-32-15-13-26)19-16-18(6-7-21(19)25-22)33(30,31)27-10-3-1-2-4-11-27/h6-7,16-18H,1-5,8-15H2,(H,24,29). The van der Waals surface area contributed by atoms with Crippen molar-refractivity contribution in [3.8, 4) is 0 Å². The molecule has 9 nitrogen and oxygen atoms in total. The van der Waals surface area contributed by atoms with E-state index in [1.165, 1.54) is 6.08 Å². The Labute approximate surface area is 195 Å². The number of sulfonamides is 1. The van der Waals surface area contributed by atoms with Crippen molar-refractivity contribution in [1.82, 2.24) is 14.5 Å². The predicted molar refractivity (Wildman–Crippen MR) is 125 cm³/mol. The molecule has 0 bridgehead atoms. The van der Waals surface area contributed by atoms with Crippen molar-refractivity contribution >= 4 is 27.5 Å². The topological polar surface area (TPSA) is 108 Å². The Morgan fingerprint density at radius 2 is 1.85 bits per heavy atom. The Bertz CT molecular complexity index is 984. The third-order valence-electron chi connectivity index (χ3n) is 6.39. The number of hydrogen-bond acceptors (Lipinski definition) is 6.